The van der Waals surface area contributed by atoms with E-state index in [9.17, 15) is 9.59 Å². The van der Waals surface area contributed by atoms with Crippen molar-refractivity contribution in [3.8, 4) is 0 Å². The van der Waals surface area contributed by atoms with Gasteiger partial charge in [0, 0.05) is 9.35 Å². The fraction of sp³-hybridized carbons (Fsp3) is 0.200. The van der Waals surface area contributed by atoms with Crippen LogP contribution in [0.3, 0.4) is 0 Å². The number of nitrogens with one attached hydrogen (secondary N) is 1. The van der Waals surface area contributed by atoms with Crippen LogP contribution in [0.15, 0.2) is 22.7 Å². The standard InChI is InChI=1S/C15H12BrClN2O2S/c16-7-4-5-10(17)9(6-7)14(21)19-15-12(13(18)20)8-2-1-3-11(8)22-15/h4-6H,1-3H2,(H2,18,20)(H,19,21). The second-order valence-corrected chi connectivity index (χ2v) is 7.43. The van der Waals surface area contributed by atoms with Crippen LogP contribution in [0.2, 0.25) is 5.02 Å². The number of hydrogen-bond donors (Lipinski definition) is 2. The third-order valence-electron chi connectivity index (χ3n) is 3.57. The van der Waals surface area contributed by atoms with E-state index in [0.29, 0.717) is 21.2 Å². The van der Waals surface area contributed by atoms with E-state index in [1.54, 1.807) is 18.2 Å². The van der Waals surface area contributed by atoms with Crippen LogP contribution in [0.1, 0.15) is 37.6 Å². The van der Waals surface area contributed by atoms with Crippen LogP contribution in [0.4, 0.5) is 5.00 Å². The first kappa shape index (κ1) is 15.5. The Bertz CT molecular complexity index is 788. The zero-order valence-electron chi connectivity index (χ0n) is 11.4. The highest BCUT2D eigenvalue weighted by Crippen LogP contribution is 2.39. The molecule has 0 spiro atoms. The zero-order chi connectivity index (χ0) is 15.9. The molecule has 1 aliphatic carbocycles. The van der Waals surface area contributed by atoms with E-state index in [4.69, 9.17) is 17.3 Å². The maximum atomic E-state index is 12.4. The van der Waals surface area contributed by atoms with Gasteiger partial charge in [-0.1, -0.05) is 27.5 Å². The summed E-state index contributed by atoms with van der Waals surface area (Å²) in [5, 5.41) is 3.64. The highest BCUT2D eigenvalue weighted by atomic mass is 79.9. The van der Waals surface area contributed by atoms with E-state index in [1.807, 2.05) is 0 Å². The van der Waals surface area contributed by atoms with Crippen molar-refractivity contribution in [1.29, 1.82) is 0 Å². The lowest BCUT2D eigenvalue weighted by Crippen LogP contribution is -2.18. The molecule has 0 aliphatic heterocycles. The molecule has 1 aromatic heterocycles. The summed E-state index contributed by atoms with van der Waals surface area (Å²) in [7, 11) is 0. The molecule has 22 heavy (non-hydrogen) atoms. The van der Waals surface area contributed by atoms with Crippen molar-refractivity contribution in [3.05, 3.63) is 49.3 Å². The molecule has 3 N–H and O–H groups in total. The summed E-state index contributed by atoms with van der Waals surface area (Å²) < 4.78 is 0.755. The molecule has 0 radical (unpaired) electrons. The number of thiophene rings is 1. The number of carbonyl (C=O) groups is 2. The van der Waals surface area contributed by atoms with Crippen LogP contribution in [-0.2, 0) is 12.8 Å². The molecule has 0 bridgehead atoms. The second kappa shape index (κ2) is 6.02. The van der Waals surface area contributed by atoms with Crippen molar-refractivity contribution in [3.63, 3.8) is 0 Å². The van der Waals surface area contributed by atoms with Gasteiger partial charge >= 0.3 is 0 Å². The molecule has 1 aliphatic rings. The molecule has 0 atom stereocenters. The molecule has 7 heteroatoms. The van der Waals surface area contributed by atoms with Crippen LogP contribution < -0.4 is 11.1 Å². The Morgan fingerprint density at radius 3 is 2.82 bits per heavy atom. The number of rotatable bonds is 3. The van der Waals surface area contributed by atoms with Gasteiger partial charge in [0.2, 0.25) is 0 Å². The normalized spacial score (nSPS) is 13.0. The number of primary amides is 1. The van der Waals surface area contributed by atoms with Gasteiger partial charge in [0.25, 0.3) is 11.8 Å². The highest BCUT2D eigenvalue weighted by Gasteiger charge is 2.26. The molecular weight excluding hydrogens is 388 g/mol. The lowest BCUT2D eigenvalue weighted by molar-refractivity contribution is 0.100. The monoisotopic (exact) mass is 398 g/mol. The molecule has 2 amide bonds. The van der Waals surface area contributed by atoms with E-state index < -0.39 is 5.91 Å². The molecule has 0 saturated heterocycles. The fourth-order valence-corrected chi connectivity index (χ4v) is 4.45. The molecule has 3 rings (SSSR count). The molecule has 0 fully saturated rings. The second-order valence-electron chi connectivity index (χ2n) is 5.00. The number of aryl methyl sites for hydroxylation is 1. The minimum atomic E-state index is -0.505. The molecule has 2 aromatic rings. The Kier molecular flexibility index (Phi) is 4.25. The van der Waals surface area contributed by atoms with E-state index in [0.717, 1.165) is 34.2 Å². The highest BCUT2D eigenvalue weighted by molar-refractivity contribution is 9.10. The molecule has 0 saturated carbocycles. The van der Waals surface area contributed by atoms with Crippen LogP contribution >= 0.6 is 38.9 Å². The average Bonchev–Trinajstić information content (AvgIpc) is 3.01. The Morgan fingerprint density at radius 2 is 2.09 bits per heavy atom. The van der Waals surface area contributed by atoms with Gasteiger partial charge in [-0.15, -0.1) is 11.3 Å². The van der Waals surface area contributed by atoms with E-state index in [2.05, 4.69) is 21.2 Å². The summed E-state index contributed by atoms with van der Waals surface area (Å²) in [5.74, 6) is -0.858. The first-order valence-electron chi connectivity index (χ1n) is 6.68. The van der Waals surface area contributed by atoms with Gasteiger partial charge in [0.05, 0.1) is 16.1 Å². The lowest BCUT2D eigenvalue weighted by Gasteiger charge is -2.08. The van der Waals surface area contributed by atoms with Gasteiger partial charge in [-0.05, 0) is 43.0 Å². The number of nitrogens with two attached hydrogens (primary N) is 1. The Morgan fingerprint density at radius 1 is 1.32 bits per heavy atom. The number of fused-ring (bicyclic) bond motifs is 1. The van der Waals surface area contributed by atoms with Crippen LogP contribution in [0.25, 0.3) is 0 Å². The van der Waals surface area contributed by atoms with E-state index >= 15 is 0 Å². The summed E-state index contributed by atoms with van der Waals surface area (Å²) in [6, 6.07) is 5.04. The summed E-state index contributed by atoms with van der Waals surface area (Å²) in [6.07, 6.45) is 2.78. The summed E-state index contributed by atoms with van der Waals surface area (Å²) >= 11 is 10.8. The minimum absolute atomic E-state index is 0.347. The van der Waals surface area contributed by atoms with Gasteiger partial charge < -0.3 is 11.1 Å². The number of halogens is 2. The maximum absolute atomic E-state index is 12.4. The van der Waals surface area contributed by atoms with Gasteiger partial charge in [-0.25, -0.2) is 0 Å². The number of anilines is 1. The van der Waals surface area contributed by atoms with Crippen molar-refractivity contribution >= 4 is 55.7 Å². The first-order chi connectivity index (χ1) is 10.5. The SMILES string of the molecule is NC(=O)c1c(NC(=O)c2cc(Br)ccc2Cl)sc2c1CCC2. The molecule has 4 nitrogen and oxygen atoms in total. The third-order valence-corrected chi connectivity index (χ3v) is 5.60. The topological polar surface area (TPSA) is 72.2 Å². The molecular formula is C15H12BrClN2O2S. The van der Waals surface area contributed by atoms with Crippen molar-refractivity contribution in [2.24, 2.45) is 5.73 Å². The molecule has 114 valence electrons. The predicted octanol–water partition coefficient (Wildman–Crippen LogP) is 4.00. The van der Waals surface area contributed by atoms with Crippen molar-refractivity contribution < 1.29 is 9.59 Å². The zero-order valence-corrected chi connectivity index (χ0v) is 14.6. The number of benzene rings is 1. The van der Waals surface area contributed by atoms with Crippen molar-refractivity contribution in [2.75, 3.05) is 5.32 Å². The Hall–Kier alpha value is -1.37. The first-order valence-corrected chi connectivity index (χ1v) is 8.67. The van der Waals surface area contributed by atoms with Gasteiger partial charge in [0.15, 0.2) is 0 Å². The Labute approximate surface area is 144 Å². The van der Waals surface area contributed by atoms with Gasteiger partial charge in [-0.3, -0.25) is 9.59 Å². The van der Waals surface area contributed by atoms with Crippen LogP contribution in [0.5, 0.6) is 0 Å². The largest absolute Gasteiger partial charge is 0.365 e. The van der Waals surface area contributed by atoms with Crippen molar-refractivity contribution in [2.45, 2.75) is 19.3 Å². The minimum Gasteiger partial charge on any atom is -0.365 e. The molecule has 1 aromatic carbocycles. The fourth-order valence-electron chi connectivity index (χ4n) is 2.59. The summed E-state index contributed by atoms with van der Waals surface area (Å²) in [4.78, 5) is 25.3. The van der Waals surface area contributed by atoms with E-state index in [-0.39, 0.29) is 5.91 Å². The van der Waals surface area contributed by atoms with Crippen LogP contribution in [-0.4, -0.2) is 11.8 Å². The number of carbonyl (C=O) groups excluding carboxylic acids is 2. The summed E-state index contributed by atoms with van der Waals surface area (Å²) in [5.41, 5.74) is 7.25. The van der Waals surface area contributed by atoms with Crippen molar-refractivity contribution in [1.82, 2.24) is 0 Å². The summed E-state index contributed by atoms with van der Waals surface area (Å²) in [6.45, 7) is 0. The third kappa shape index (κ3) is 2.78. The number of hydrogen-bond acceptors (Lipinski definition) is 3. The predicted molar refractivity (Wildman–Crippen MR) is 92.0 cm³/mol. The van der Waals surface area contributed by atoms with E-state index in [1.165, 1.54) is 11.3 Å². The average molecular weight is 400 g/mol. The molecule has 0 unspecified atom stereocenters. The number of amides is 2. The quantitative estimate of drug-likeness (QED) is 0.818. The van der Waals surface area contributed by atoms with Gasteiger partial charge in [0.1, 0.15) is 5.00 Å². The lowest BCUT2D eigenvalue weighted by atomic mass is 10.1. The Balaban J connectivity index is 1.95. The molecule has 1 heterocycles. The smallest absolute Gasteiger partial charge is 0.257 e. The maximum Gasteiger partial charge on any atom is 0.257 e. The van der Waals surface area contributed by atoms with Gasteiger partial charge in [-0.2, -0.15) is 0 Å². The van der Waals surface area contributed by atoms with Crippen LogP contribution in [0, 0.1) is 0 Å².